The molecule has 2 rings (SSSR count). The Morgan fingerprint density at radius 1 is 0.826 bits per heavy atom. The zero-order valence-corrected chi connectivity index (χ0v) is 14.9. The van der Waals surface area contributed by atoms with Crippen LogP contribution in [0.15, 0.2) is 41.3 Å². The van der Waals surface area contributed by atoms with Crippen LogP contribution in [0.25, 0.3) is 0 Å². The monoisotopic (exact) mass is 332 g/mol. The van der Waals surface area contributed by atoms with Gasteiger partial charge in [-0.15, -0.1) is 0 Å². The maximum Gasteiger partial charge on any atom is 0.241 e. The first-order valence-corrected chi connectivity index (χ1v) is 9.16. The summed E-state index contributed by atoms with van der Waals surface area (Å²) in [5.41, 5.74) is 4.81. The average molecular weight is 332 g/mol. The minimum Gasteiger partial charge on any atom is -0.384 e. The standard InChI is InChI=1S/C18H24N2O2S/c1-13-5-7-17(8-6-13)19-9-10-20-23(21,22)18-15(3)11-14(2)12-16(18)4/h5-8,11-12,19-20H,9-10H2,1-4H3. The van der Waals surface area contributed by atoms with E-state index in [9.17, 15) is 8.42 Å². The molecule has 0 heterocycles. The van der Waals surface area contributed by atoms with Crippen molar-refractivity contribution in [2.45, 2.75) is 32.6 Å². The summed E-state index contributed by atoms with van der Waals surface area (Å²) >= 11 is 0. The lowest BCUT2D eigenvalue weighted by Crippen LogP contribution is -2.30. The van der Waals surface area contributed by atoms with Gasteiger partial charge in [0.15, 0.2) is 0 Å². The van der Waals surface area contributed by atoms with Gasteiger partial charge in [-0.2, -0.15) is 0 Å². The van der Waals surface area contributed by atoms with E-state index in [2.05, 4.69) is 10.0 Å². The van der Waals surface area contributed by atoms with E-state index in [0.29, 0.717) is 18.0 Å². The topological polar surface area (TPSA) is 58.2 Å². The number of rotatable bonds is 6. The van der Waals surface area contributed by atoms with Gasteiger partial charge in [0, 0.05) is 18.8 Å². The SMILES string of the molecule is Cc1ccc(NCCNS(=O)(=O)c2c(C)cc(C)cc2C)cc1. The summed E-state index contributed by atoms with van der Waals surface area (Å²) in [5.74, 6) is 0. The zero-order valence-electron chi connectivity index (χ0n) is 14.1. The van der Waals surface area contributed by atoms with Crippen LogP contribution >= 0.6 is 0 Å². The molecule has 0 aliphatic carbocycles. The molecule has 0 aliphatic heterocycles. The molecule has 23 heavy (non-hydrogen) atoms. The summed E-state index contributed by atoms with van der Waals surface area (Å²) in [6.45, 7) is 8.53. The third-order valence-electron chi connectivity index (χ3n) is 3.67. The molecule has 2 N–H and O–H groups in total. The first-order chi connectivity index (χ1) is 10.8. The summed E-state index contributed by atoms with van der Waals surface area (Å²) < 4.78 is 27.7. The Kier molecular flexibility index (Phi) is 5.44. The van der Waals surface area contributed by atoms with E-state index in [0.717, 1.165) is 22.4 Å². The lowest BCUT2D eigenvalue weighted by molar-refractivity contribution is 0.581. The molecule has 0 atom stereocenters. The van der Waals surface area contributed by atoms with Crippen molar-refractivity contribution in [2.75, 3.05) is 18.4 Å². The van der Waals surface area contributed by atoms with Crippen LogP contribution in [0.5, 0.6) is 0 Å². The fourth-order valence-electron chi connectivity index (χ4n) is 2.73. The number of benzene rings is 2. The Bertz CT molecular complexity index is 758. The van der Waals surface area contributed by atoms with E-state index in [1.807, 2.05) is 64.1 Å². The van der Waals surface area contributed by atoms with Crippen LogP contribution in [0.3, 0.4) is 0 Å². The van der Waals surface area contributed by atoms with E-state index < -0.39 is 10.0 Å². The van der Waals surface area contributed by atoms with Crippen LogP contribution in [0.2, 0.25) is 0 Å². The predicted octanol–water partition coefficient (Wildman–Crippen LogP) is 3.31. The summed E-state index contributed by atoms with van der Waals surface area (Å²) in [7, 11) is -3.49. The Labute approximate surface area is 139 Å². The first-order valence-electron chi connectivity index (χ1n) is 7.67. The van der Waals surface area contributed by atoms with Gasteiger partial charge in [0.05, 0.1) is 4.90 Å². The molecule has 5 heteroatoms. The molecule has 0 fully saturated rings. The van der Waals surface area contributed by atoms with Gasteiger partial charge in [0.1, 0.15) is 0 Å². The highest BCUT2D eigenvalue weighted by Crippen LogP contribution is 2.21. The van der Waals surface area contributed by atoms with Crippen molar-refractivity contribution >= 4 is 15.7 Å². The second-order valence-corrected chi connectivity index (χ2v) is 7.62. The summed E-state index contributed by atoms with van der Waals surface area (Å²) in [4.78, 5) is 0.387. The normalized spacial score (nSPS) is 11.5. The molecule has 0 unspecified atom stereocenters. The molecule has 124 valence electrons. The minimum absolute atomic E-state index is 0.336. The minimum atomic E-state index is -3.49. The van der Waals surface area contributed by atoms with Crippen LogP contribution in [0, 0.1) is 27.7 Å². The van der Waals surface area contributed by atoms with Gasteiger partial charge in [-0.05, 0) is 51.0 Å². The van der Waals surface area contributed by atoms with Crippen molar-refractivity contribution in [1.82, 2.24) is 4.72 Å². The van der Waals surface area contributed by atoms with Crippen molar-refractivity contribution in [2.24, 2.45) is 0 Å². The molecular formula is C18H24N2O2S. The number of aryl methyl sites for hydroxylation is 4. The smallest absolute Gasteiger partial charge is 0.241 e. The number of hydrogen-bond donors (Lipinski definition) is 2. The fraction of sp³-hybridized carbons (Fsp3) is 0.333. The van der Waals surface area contributed by atoms with Crippen LogP contribution < -0.4 is 10.0 Å². The molecule has 0 radical (unpaired) electrons. The first kappa shape index (κ1) is 17.5. The maximum atomic E-state index is 12.5. The average Bonchev–Trinajstić information content (AvgIpc) is 2.44. The second-order valence-electron chi connectivity index (χ2n) is 5.92. The van der Waals surface area contributed by atoms with Crippen molar-refractivity contribution in [3.63, 3.8) is 0 Å². The van der Waals surface area contributed by atoms with Crippen molar-refractivity contribution in [3.05, 3.63) is 58.7 Å². The number of hydrogen-bond acceptors (Lipinski definition) is 3. The maximum absolute atomic E-state index is 12.5. The van der Waals surface area contributed by atoms with Gasteiger partial charge in [-0.3, -0.25) is 0 Å². The van der Waals surface area contributed by atoms with Crippen LogP contribution in [-0.2, 0) is 10.0 Å². The second kappa shape index (κ2) is 7.15. The van der Waals surface area contributed by atoms with Gasteiger partial charge in [0.2, 0.25) is 10.0 Å². The highest BCUT2D eigenvalue weighted by molar-refractivity contribution is 7.89. The van der Waals surface area contributed by atoms with Crippen molar-refractivity contribution in [3.8, 4) is 0 Å². The molecular weight excluding hydrogens is 308 g/mol. The number of sulfonamides is 1. The van der Waals surface area contributed by atoms with Crippen LogP contribution in [-0.4, -0.2) is 21.5 Å². The van der Waals surface area contributed by atoms with E-state index in [1.54, 1.807) is 0 Å². The number of anilines is 1. The van der Waals surface area contributed by atoms with Crippen LogP contribution in [0.1, 0.15) is 22.3 Å². The molecule has 0 spiro atoms. The van der Waals surface area contributed by atoms with Gasteiger partial charge in [-0.25, -0.2) is 13.1 Å². The lowest BCUT2D eigenvalue weighted by atomic mass is 10.1. The Hall–Kier alpha value is -1.85. The lowest BCUT2D eigenvalue weighted by Gasteiger charge is -2.13. The van der Waals surface area contributed by atoms with E-state index in [-0.39, 0.29) is 0 Å². The molecule has 0 saturated heterocycles. The van der Waals surface area contributed by atoms with Gasteiger partial charge >= 0.3 is 0 Å². The van der Waals surface area contributed by atoms with E-state index >= 15 is 0 Å². The summed E-state index contributed by atoms with van der Waals surface area (Å²) in [6, 6.07) is 11.8. The largest absolute Gasteiger partial charge is 0.384 e. The molecule has 0 amide bonds. The molecule has 0 saturated carbocycles. The van der Waals surface area contributed by atoms with Gasteiger partial charge < -0.3 is 5.32 Å². The molecule has 0 aromatic heterocycles. The Morgan fingerprint density at radius 2 is 1.39 bits per heavy atom. The van der Waals surface area contributed by atoms with Gasteiger partial charge in [-0.1, -0.05) is 35.4 Å². The molecule has 4 nitrogen and oxygen atoms in total. The highest BCUT2D eigenvalue weighted by Gasteiger charge is 2.19. The Morgan fingerprint density at radius 3 is 1.96 bits per heavy atom. The quantitative estimate of drug-likeness (QED) is 0.798. The molecule has 2 aromatic carbocycles. The third kappa shape index (κ3) is 4.56. The van der Waals surface area contributed by atoms with Crippen LogP contribution in [0.4, 0.5) is 5.69 Å². The predicted molar refractivity (Wildman–Crippen MR) is 95.5 cm³/mol. The third-order valence-corrected chi connectivity index (χ3v) is 5.44. The fourth-order valence-corrected chi connectivity index (χ4v) is 4.21. The summed E-state index contributed by atoms with van der Waals surface area (Å²) in [6.07, 6.45) is 0. The van der Waals surface area contributed by atoms with Gasteiger partial charge in [0.25, 0.3) is 0 Å². The van der Waals surface area contributed by atoms with E-state index in [1.165, 1.54) is 5.56 Å². The highest BCUT2D eigenvalue weighted by atomic mass is 32.2. The summed E-state index contributed by atoms with van der Waals surface area (Å²) in [5, 5.41) is 3.21. The van der Waals surface area contributed by atoms with E-state index in [4.69, 9.17) is 0 Å². The zero-order chi connectivity index (χ0) is 17.0. The molecule has 2 aromatic rings. The van der Waals surface area contributed by atoms with Crippen molar-refractivity contribution in [1.29, 1.82) is 0 Å². The number of nitrogens with one attached hydrogen (secondary N) is 2. The van der Waals surface area contributed by atoms with Crippen molar-refractivity contribution < 1.29 is 8.42 Å². The Balaban J connectivity index is 1.98. The molecule has 0 aliphatic rings. The molecule has 0 bridgehead atoms.